The SMILES string of the molecule is COCCCN1C(=O)C(C)NC1c1ccc(Cl)cc1. The highest BCUT2D eigenvalue weighted by Gasteiger charge is 2.36. The molecule has 19 heavy (non-hydrogen) atoms. The van der Waals surface area contributed by atoms with Gasteiger partial charge in [0.2, 0.25) is 5.91 Å². The van der Waals surface area contributed by atoms with Crippen LogP contribution >= 0.6 is 11.6 Å². The van der Waals surface area contributed by atoms with Crippen LogP contribution < -0.4 is 5.32 Å². The largest absolute Gasteiger partial charge is 0.385 e. The van der Waals surface area contributed by atoms with E-state index in [2.05, 4.69) is 5.32 Å². The van der Waals surface area contributed by atoms with Crippen molar-refractivity contribution in [2.45, 2.75) is 25.6 Å². The molecule has 4 nitrogen and oxygen atoms in total. The second kappa shape index (κ2) is 6.37. The monoisotopic (exact) mass is 282 g/mol. The molecule has 1 amide bonds. The fourth-order valence-corrected chi connectivity index (χ4v) is 2.44. The number of halogens is 1. The van der Waals surface area contributed by atoms with E-state index in [0.29, 0.717) is 18.2 Å². The highest BCUT2D eigenvalue weighted by Crippen LogP contribution is 2.26. The van der Waals surface area contributed by atoms with Gasteiger partial charge in [-0.05, 0) is 31.0 Å². The summed E-state index contributed by atoms with van der Waals surface area (Å²) in [6.07, 6.45) is 0.761. The minimum Gasteiger partial charge on any atom is -0.385 e. The number of methoxy groups -OCH3 is 1. The van der Waals surface area contributed by atoms with Crippen LogP contribution in [0.1, 0.15) is 25.1 Å². The first kappa shape index (κ1) is 14.3. The van der Waals surface area contributed by atoms with Gasteiger partial charge in [0.15, 0.2) is 0 Å². The Morgan fingerprint density at radius 2 is 2.05 bits per heavy atom. The third-order valence-electron chi connectivity index (χ3n) is 3.31. The van der Waals surface area contributed by atoms with Gasteiger partial charge in [-0.2, -0.15) is 0 Å². The molecule has 1 heterocycles. The number of nitrogens with one attached hydrogen (secondary N) is 1. The van der Waals surface area contributed by atoms with E-state index < -0.39 is 0 Å². The van der Waals surface area contributed by atoms with E-state index in [1.54, 1.807) is 7.11 Å². The molecule has 5 heteroatoms. The van der Waals surface area contributed by atoms with Crippen molar-refractivity contribution >= 4 is 17.5 Å². The van der Waals surface area contributed by atoms with E-state index in [0.717, 1.165) is 12.0 Å². The zero-order valence-electron chi connectivity index (χ0n) is 11.2. The fourth-order valence-electron chi connectivity index (χ4n) is 2.31. The molecule has 1 N–H and O–H groups in total. The second-order valence-electron chi connectivity index (χ2n) is 4.72. The summed E-state index contributed by atoms with van der Waals surface area (Å²) >= 11 is 5.90. The number of rotatable bonds is 5. The van der Waals surface area contributed by atoms with E-state index in [1.807, 2.05) is 36.1 Å². The molecule has 0 aliphatic carbocycles. The lowest BCUT2D eigenvalue weighted by Crippen LogP contribution is -2.32. The first-order chi connectivity index (χ1) is 9.13. The number of ether oxygens (including phenoxy) is 1. The molecule has 0 saturated carbocycles. The molecule has 1 aliphatic rings. The molecule has 1 aromatic rings. The van der Waals surface area contributed by atoms with Crippen LogP contribution in [0.4, 0.5) is 0 Å². The van der Waals surface area contributed by atoms with Gasteiger partial charge in [-0.3, -0.25) is 10.1 Å². The van der Waals surface area contributed by atoms with Crippen molar-refractivity contribution in [3.8, 4) is 0 Å². The molecule has 0 bridgehead atoms. The van der Waals surface area contributed by atoms with Gasteiger partial charge in [-0.25, -0.2) is 0 Å². The standard InChI is InChI=1S/C14H19ClN2O2/c1-10-14(18)17(8-3-9-19-2)13(16-10)11-4-6-12(15)7-5-11/h4-7,10,13,16H,3,8-9H2,1-2H3. The summed E-state index contributed by atoms with van der Waals surface area (Å²) in [5, 5.41) is 4.01. The maximum absolute atomic E-state index is 12.1. The number of carbonyl (C=O) groups excluding carboxylic acids is 1. The molecular weight excluding hydrogens is 264 g/mol. The van der Waals surface area contributed by atoms with Crippen LogP contribution in [0, 0.1) is 0 Å². The smallest absolute Gasteiger partial charge is 0.241 e. The Morgan fingerprint density at radius 3 is 2.68 bits per heavy atom. The van der Waals surface area contributed by atoms with Crippen molar-refractivity contribution in [3.05, 3.63) is 34.9 Å². The highest BCUT2D eigenvalue weighted by atomic mass is 35.5. The second-order valence-corrected chi connectivity index (χ2v) is 5.16. The number of hydrogen-bond acceptors (Lipinski definition) is 3. The Balaban J connectivity index is 2.12. The van der Waals surface area contributed by atoms with Crippen LogP contribution in [0.5, 0.6) is 0 Å². The Kier molecular flexibility index (Phi) is 4.80. The third kappa shape index (κ3) is 3.26. The zero-order chi connectivity index (χ0) is 13.8. The lowest BCUT2D eigenvalue weighted by molar-refractivity contribution is -0.130. The van der Waals surface area contributed by atoms with Crippen LogP contribution in [0.2, 0.25) is 5.02 Å². The van der Waals surface area contributed by atoms with Crippen LogP contribution in [0.3, 0.4) is 0 Å². The van der Waals surface area contributed by atoms with Gasteiger partial charge in [-0.1, -0.05) is 23.7 Å². The maximum Gasteiger partial charge on any atom is 0.241 e. The molecule has 2 unspecified atom stereocenters. The van der Waals surface area contributed by atoms with Gasteiger partial charge in [0.25, 0.3) is 0 Å². The third-order valence-corrected chi connectivity index (χ3v) is 3.56. The summed E-state index contributed by atoms with van der Waals surface area (Å²) in [5.74, 6) is 0.135. The van der Waals surface area contributed by atoms with Gasteiger partial charge in [-0.15, -0.1) is 0 Å². The molecule has 104 valence electrons. The van der Waals surface area contributed by atoms with Crippen LogP contribution in [0.25, 0.3) is 0 Å². The average Bonchev–Trinajstić information content (AvgIpc) is 2.68. The van der Waals surface area contributed by atoms with Crippen LogP contribution in [0.15, 0.2) is 24.3 Å². The van der Waals surface area contributed by atoms with Crippen molar-refractivity contribution in [2.75, 3.05) is 20.3 Å². The highest BCUT2D eigenvalue weighted by molar-refractivity contribution is 6.30. The summed E-state index contributed by atoms with van der Waals surface area (Å²) in [6, 6.07) is 7.45. The van der Waals surface area contributed by atoms with Crippen LogP contribution in [-0.2, 0) is 9.53 Å². The number of carbonyl (C=O) groups is 1. The molecule has 1 aromatic carbocycles. The average molecular weight is 283 g/mol. The van der Waals surface area contributed by atoms with E-state index in [4.69, 9.17) is 16.3 Å². The Bertz CT molecular complexity index is 436. The Hall–Kier alpha value is -1.10. The molecule has 0 radical (unpaired) electrons. The summed E-state index contributed by atoms with van der Waals surface area (Å²) in [6.45, 7) is 3.24. The predicted molar refractivity (Wildman–Crippen MR) is 75.0 cm³/mol. The molecular formula is C14H19ClN2O2. The lowest BCUT2D eigenvalue weighted by Gasteiger charge is -2.24. The van der Waals surface area contributed by atoms with Gasteiger partial charge in [0.1, 0.15) is 6.17 Å². The van der Waals surface area contributed by atoms with E-state index in [1.165, 1.54) is 0 Å². The quantitative estimate of drug-likeness (QED) is 0.842. The first-order valence-electron chi connectivity index (χ1n) is 6.44. The van der Waals surface area contributed by atoms with E-state index in [9.17, 15) is 4.79 Å². The molecule has 2 rings (SSSR count). The van der Waals surface area contributed by atoms with E-state index in [-0.39, 0.29) is 18.1 Å². The summed E-state index contributed by atoms with van der Waals surface area (Å²) < 4.78 is 5.04. The number of nitrogens with zero attached hydrogens (tertiary/aromatic N) is 1. The Labute approximate surface area is 118 Å². The molecule has 1 aliphatic heterocycles. The topological polar surface area (TPSA) is 41.6 Å². The van der Waals surface area contributed by atoms with Crippen molar-refractivity contribution in [3.63, 3.8) is 0 Å². The lowest BCUT2D eigenvalue weighted by atomic mass is 10.1. The summed E-state index contributed by atoms with van der Waals surface area (Å²) in [7, 11) is 1.67. The molecule has 1 fully saturated rings. The zero-order valence-corrected chi connectivity index (χ0v) is 12.0. The summed E-state index contributed by atoms with van der Waals surface area (Å²) in [5.41, 5.74) is 1.06. The van der Waals surface area contributed by atoms with Crippen molar-refractivity contribution in [1.29, 1.82) is 0 Å². The first-order valence-corrected chi connectivity index (χ1v) is 6.82. The molecule has 0 spiro atoms. The van der Waals surface area contributed by atoms with Gasteiger partial charge in [0, 0.05) is 25.3 Å². The van der Waals surface area contributed by atoms with Gasteiger partial charge < -0.3 is 9.64 Å². The maximum atomic E-state index is 12.1. The van der Waals surface area contributed by atoms with Gasteiger partial charge in [0.05, 0.1) is 6.04 Å². The number of benzene rings is 1. The Morgan fingerprint density at radius 1 is 1.37 bits per heavy atom. The van der Waals surface area contributed by atoms with Crippen molar-refractivity contribution < 1.29 is 9.53 Å². The van der Waals surface area contributed by atoms with Gasteiger partial charge >= 0.3 is 0 Å². The summed E-state index contributed by atoms with van der Waals surface area (Å²) in [4.78, 5) is 14.0. The molecule has 2 atom stereocenters. The van der Waals surface area contributed by atoms with Crippen molar-refractivity contribution in [2.24, 2.45) is 0 Å². The molecule has 0 aromatic heterocycles. The van der Waals surface area contributed by atoms with Crippen LogP contribution in [-0.4, -0.2) is 37.1 Å². The predicted octanol–water partition coefficient (Wildman–Crippen LogP) is 2.20. The van der Waals surface area contributed by atoms with E-state index >= 15 is 0 Å². The molecule has 1 saturated heterocycles. The number of hydrogen-bond donors (Lipinski definition) is 1. The normalized spacial score (nSPS) is 23.1. The fraction of sp³-hybridized carbons (Fsp3) is 0.500. The number of amides is 1. The minimum atomic E-state index is -0.150. The van der Waals surface area contributed by atoms with Crippen molar-refractivity contribution in [1.82, 2.24) is 10.2 Å². The minimum absolute atomic E-state index is 0.0726.